The molecule has 0 amide bonds. The Kier molecular flexibility index (Phi) is 28.6. The lowest BCUT2D eigenvalue weighted by Crippen LogP contribution is -2.33. The van der Waals surface area contributed by atoms with Crippen molar-refractivity contribution >= 4 is 39.8 Å². The van der Waals surface area contributed by atoms with E-state index in [0.717, 1.165) is 82.4 Å². The second-order valence-electron chi connectivity index (χ2n) is 22.4. The molecule has 59 heavy (non-hydrogen) atoms. The fraction of sp³-hybridized carbons (Fsp3) is 0.917. The van der Waals surface area contributed by atoms with Crippen LogP contribution in [0.3, 0.4) is 0 Å². The quantitative estimate of drug-likeness (QED) is 0.0484. The minimum atomic E-state index is -0.472. The Balaban J connectivity index is -0.000000879. The van der Waals surface area contributed by atoms with Crippen LogP contribution in [0.25, 0.3) is 0 Å². The molecule has 0 saturated heterocycles. The van der Waals surface area contributed by atoms with E-state index in [0.29, 0.717) is 13.2 Å². The Morgan fingerprint density at radius 1 is 0.373 bits per heavy atom. The van der Waals surface area contributed by atoms with Gasteiger partial charge in [0.15, 0.2) is 0 Å². The van der Waals surface area contributed by atoms with Gasteiger partial charge in [0.1, 0.15) is 22.4 Å². The van der Waals surface area contributed by atoms with Crippen LogP contribution in [0, 0.1) is 21.7 Å². The van der Waals surface area contributed by atoms with Gasteiger partial charge >= 0.3 is 23.9 Å². The lowest BCUT2D eigenvalue weighted by Gasteiger charge is -2.28. The summed E-state index contributed by atoms with van der Waals surface area (Å²) in [5.41, 5.74) is -3.47. The molecule has 11 heteroatoms. The van der Waals surface area contributed by atoms with Gasteiger partial charge in [-0.05, 0) is 190 Å². The lowest BCUT2D eigenvalue weighted by atomic mass is 9.87. The summed E-state index contributed by atoms with van der Waals surface area (Å²) in [6.45, 7) is 39.7. The molecule has 0 aromatic carbocycles. The van der Waals surface area contributed by atoms with E-state index in [4.69, 9.17) is 28.8 Å². The Bertz CT molecular complexity index is 1100. The van der Waals surface area contributed by atoms with Crippen LogP contribution in [0.5, 0.6) is 0 Å². The van der Waals surface area contributed by atoms with E-state index in [1.165, 1.54) is 0 Å². The van der Waals surface area contributed by atoms with E-state index in [9.17, 15) is 19.2 Å². The molecule has 0 saturated carbocycles. The summed E-state index contributed by atoms with van der Waals surface area (Å²) >= 11 is 3.39. The second kappa shape index (κ2) is 27.4. The molecular formula is C48H93BrO10. The summed E-state index contributed by atoms with van der Waals surface area (Å²) in [4.78, 5) is 48.1. The molecule has 0 heterocycles. The molecular weight excluding hydrogens is 816 g/mol. The van der Waals surface area contributed by atoms with Crippen molar-refractivity contribution in [1.29, 1.82) is 0 Å². The predicted octanol–water partition coefficient (Wildman–Crippen LogP) is 12.5. The molecule has 0 rings (SSSR count). The van der Waals surface area contributed by atoms with E-state index in [1.54, 1.807) is 0 Å². The van der Waals surface area contributed by atoms with Gasteiger partial charge < -0.3 is 28.8 Å². The normalized spacial score (nSPS) is 13.0. The lowest BCUT2D eigenvalue weighted by molar-refractivity contribution is -0.167. The Morgan fingerprint density at radius 2 is 0.593 bits per heavy atom. The molecule has 0 spiro atoms. The number of hydrogen-bond donors (Lipinski definition) is 1. The Morgan fingerprint density at radius 3 is 0.797 bits per heavy atom. The highest BCUT2D eigenvalue weighted by Crippen LogP contribution is 2.30. The van der Waals surface area contributed by atoms with E-state index in [1.807, 2.05) is 138 Å². The van der Waals surface area contributed by atoms with E-state index >= 15 is 0 Å². The molecule has 0 aliphatic heterocycles. The van der Waals surface area contributed by atoms with Crippen LogP contribution in [-0.4, -0.2) is 76.5 Å². The summed E-state index contributed by atoms with van der Waals surface area (Å²) in [7, 11) is 0. The summed E-state index contributed by atoms with van der Waals surface area (Å²) < 4.78 is 27.4. The van der Waals surface area contributed by atoms with Crippen molar-refractivity contribution in [2.75, 3.05) is 25.2 Å². The average Bonchev–Trinajstić information content (AvgIpc) is 3.01. The fourth-order valence-electron chi connectivity index (χ4n) is 5.06. The zero-order chi connectivity index (χ0) is 47.2. The van der Waals surface area contributed by atoms with Gasteiger partial charge in [-0.3, -0.25) is 19.2 Å². The van der Waals surface area contributed by atoms with Crippen molar-refractivity contribution < 1.29 is 48.0 Å². The van der Waals surface area contributed by atoms with Crippen molar-refractivity contribution in [2.45, 2.75) is 238 Å². The maximum atomic E-state index is 12.2. The van der Waals surface area contributed by atoms with Gasteiger partial charge in [-0.25, -0.2) is 0 Å². The van der Waals surface area contributed by atoms with Crippen LogP contribution in [0.1, 0.15) is 216 Å². The number of carbonyl (C=O) groups is 4. The fourth-order valence-corrected chi connectivity index (χ4v) is 5.45. The van der Waals surface area contributed by atoms with Gasteiger partial charge in [-0.15, -0.1) is 0 Å². The first kappa shape index (κ1) is 61.6. The zero-order valence-electron chi connectivity index (χ0n) is 41.8. The van der Waals surface area contributed by atoms with Crippen molar-refractivity contribution in [1.82, 2.24) is 0 Å². The minimum absolute atomic E-state index is 0.0930. The molecule has 0 radical (unpaired) electrons. The van der Waals surface area contributed by atoms with Crippen molar-refractivity contribution in [2.24, 2.45) is 21.7 Å². The number of aliphatic hydroxyl groups is 1. The highest BCUT2D eigenvalue weighted by molar-refractivity contribution is 9.09. The van der Waals surface area contributed by atoms with Crippen LogP contribution in [-0.2, 0) is 42.9 Å². The van der Waals surface area contributed by atoms with E-state index in [-0.39, 0.29) is 41.5 Å². The van der Waals surface area contributed by atoms with E-state index in [2.05, 4.69) is 15.9 Å². The van der Waals surface area contributed by atoms with Gasteiger partial charge in [-0.1, -0.05) is 41.6 Å². The molecule has 0 atom stereocenters. The maximum Gasteiger partial charge on any atom is 0.312 e. The minimum Gasteiger partial charge on any atom is -0.460 e. The van der Waals surface area contributed by atoms with Crippen LogP contribution >= 0.6 is 15.9 Å². The standard InChI is InChI=1S/C24H46O5.C12H23BrO2.C12H24O3/c1-21(2,3)28-19(25)23(7,8)15-11-13-17-27-18-14-12-16-24(9,10)20(26)29-22(4,5)6;2*1-11(2,3)15-10(14)12(4,5)8-6-7-9-13/h11-18H2,1-10H3;6-9H2,1-5H3;13H,6-9H2,1-5H3. The largest absolute Gasteiger partial charge is 0.460 e. The van der Waals surface area contributed by atoms with Crippen molar-refractivity contribution in [3.8, 4) is 0 Å². The van der Waals surface area contributed by atoms with Gasteiger partial charge in [-0.2, -0.15) is 0 Å². The van der Waals surface area contributed by atoms with Crippen LogP contribution < -0.4 is 0 Å². The highest BCUT2D eigenvalue weighted by atomic mass is 79.9. The van der Waals surface area contributed by atoms with Crippen molar-refractivity contribution in [3.63, 3.8) is 0 Å². The van der Waals surface area contributed by atoms with Crippen LogP contribution in [0.2, 0.25) is 0 Å². The summed E-state index contributed by atoms with van der Waals surface area (Å²) in [6.07, 6.45) is 10.7. The summed E-state index contributed by atoms with van der Waals surface area (Å²) in [5, 5.41) is 9.67. The molecule has 352 valence electrons. The number of hydrogen-bond acceptors (Lipinski definition) is 10. The number of rotatable bonds is 22. The average molecular weight is 910 g/mol. The van der Waals surface area contributed by atoms with Gasteiger partial charge in [0.25, 0.3) is 0 Å². The molecule has 0 fully saturated rings. The Labute approximate surface area is 371 Å². The molecule has 0 aliphatic carbocycles. The number of ether oxygens (including phenoxy) is 5. The van der Waals surface area contributed by atoms with Crippen molar-refractivity contribution in [3.05, 3.63) is 0 Å². The molecule has 0 aromatic rings. The summed E-state index contributed by atoms with van der Waals surface area (Å²) in [5.74, 6) is -0.533. The first-order valence-electron chi connectivity index (χ1n) is 22.0. The number of aliphatic hydroxyl groups excluding tert-OH is 1. The maximum absolute atomic E-state index is 12.2. The van der Waals surface area contributed by atoms with Crippen LogP contribution in [0.15, 0.2) is 0 Å². The summed E-state index contributed by atoms with van der Waals surface area (Å²) in [6, 6.07) is 0. The monoisotopic (exact) mass is 909 g/mol. The number of unbranched alkanes of at least 4 members (excludes halogenated alkanes) is 4. The molecule has 1 N–H and O–H groups in total. The van der Waals surface area contributed by atoms with Gasteiger partial charge in [0.2, 0.25) is 0 Å². The predicted molar refractivity (Wildman–Crippen MR) is 246 cm³/mol. The molecule has 0 aromatic heterocycles. The molecule has 10 nitrogen and oxygen atoms in total. The molecule has 0 aliphatic rings. The third-order valence-corrected chi connectivity index (χ3v) is 9.44. The smallest absolute Gasteiger partial charge is 0.312 e. The zero-order valence-corrected chi connectivity index (χ0v) is 43.4. The van der Waals surface area contributed by atoms with Gasteiger partial charge in [0, 0.05) is 25.2 Å². The van der Waals surface area contributed by atoms with Crippen LogP contribution in [0.4, 0.5) is 0 Å². The highest BCUT2D eigenvalue weighted by Gasteiger charge is 2.35. The number of carbonyl (C=O) groups excluding carboxylic acids is 4. The topological polar surface area (TPSA) is 135 Å². The number of esters is 4. The SMILES string of the molecule is CC(C)(C)OC(=O)C(C)(C)CCCCBr.CC(C)(C)OC(=O)C(C)(C)CCCCO.CC(C)(C)OC(=O)C(C)(C)CCCCOCCCCC(C)(C)C(=O)OC(C)(C)C. The Hall–Kier alpha value is -1.72. The number of alkyl halides is 1. The second-order valence-corrected chi connectivity index (χ2v) is 23.2. The first-order chi connectivity index (χ1) is 26.3. The molecule has 0 bridgehead atoms. The van der Waals surface area contributed by atoms with Gasteiger partial charge in [0.05, 0.1) is 21.7 Å². The van der Waals surface area contributed by atoms with E-state index < -0.39 is 33.0 Å². The first-order valence-corrected chi connectivity index (χ1v) is 23.1. The molecule has 0 unspecified atom stereocenters. The third-order valence-electron chi connectivity index (χ3n) is 8.88. The third kappa shape index (κ3) is 35.6. The number of halogens is 1.